The van der Waals surface area contributed by atoms with Gasteiger partial charge in [-0.05, 0) is 41.2 Å². The number of aliphatic carboxylic acids is 1. The highest BCUT2D eigenvalue weighted by molar-refractivity contribution is 5.67. The largest absolute Gasteiger partial charge is 0.497 e. The van der Waals surface area contributed by atoms with Crippen LogP contribution < -0.4 is 4.74 Å². The summed E-state index contributed by atoms with van der Waals surface area (Å²) in [6.45, 7) is 1.96. The van der Waals surface area contributed by atoms with E-state index in [1.807, 2.05) is 31.2 Å². The van der Waals surface area contributed by atoms with Gasteiger partial charge in [-0.15, -0.1) is 0 Å². The molecule has 0 amide bonds. The van der Waals surface area contributed by atoms with Gasteiger partial charge in [-0.3, -0.25) is 4.79 Å². The van der Waals surface area contributed by atoms with Gasteiger partial charge in [-0.1, -0.05) is 43.3 Å². The van der Waals surface area contributed by atoms with Gasteiger partial charge in [0, 0.05) is 6.42 Å². The molecule has 0 fully saturated rings. The summed E-state index contributed by atoms with van der Waals surface area (Å²) in [5, 5.41) is 8.79. The first-order chi connectivity index (χ1) is 10.1. The van der Waals surface area contributed by atoms with Crippen molar-refractivity contribution in [3.63, 3.8) is 0 Å². The van der Waals surface area contributed by atoms with Gasteiger partial charge >= 0.3 is 5.97 Å². The number of methoxy groups -OCH3 is 1. The number of benzene rings is 2. The van der Waals surface area contributed by atoms with Crippen LogP contribution in [0.5, 0.6) is 5.75 Å². The maximum atomic E-state index is 10.7. The van der Waals surface area contributed by atoms with Gasteiger partial charge < -0.3 is 9.84 Å². The Kier molecular flexibility index (Phi) is 4.99. The molecule has 110 valence electrons. The molecule has 0 spiro atoms. The van der Waals surface area contributed by atoms with Gasteiger partial charge in [0.25, 0.3) is 0 Å². The number of hydrogen-bond donors (Lipinski definition) is 1. The summed E-state index contributed by atoms with van der Waals surface area (Å²) in [4.78, 5) is 10.7. The molecule has 0 aliphatic heterocycles. The molecule has 0 aromatic heterocycles. The fraction of sp³-hybridized carbons (Fsp3) is 0.278. The molecule has 0 aliphatic rings. The summed E-state index contributed by atoms with van der Waals surface area (Å²) in [5.74, 6) is 0.254. The SMILES string of the molecule is COc1ccc(-c2ccc(CC(C)CC(=O)O)cc2)cc1. The van der Waals surface area contributed by atoms with Crippen molar-refractivity contribution in [2.75, 3.05) is 7.11 Å². The lowest BCUT2D eigenvalue weighted by molar-refractivity contribution is -0.137. The third-order valence-electron chi connectivity index (χ3n) is 3.48. The first kappa shape index (κ1) is 15.1. The molecule has 0 bridgehead atoms. The normalized spacial score (nSPS) is 11.9. The molecule has 21 heavy (non-hydrogen) atoms. The van der Waals surface area contributed by atoms with Crippen LogP contribution in [-0.4, -0.2) is 18.2 Å². The zero-order valence-corrected chi connectivity index (χ0v) is 12.4. The minimum atomic E-state index is -0.739. The van der Waals surface area contributed by atoms with Crippen LogP contribution in [0.15, 0.2) is 48.5 Å². The van der Waals surface area contributed by atoms with Gasteiger partial charge in [0.05, 0.1) is 7.11 Å². The first-order valence-electron chi connectivity index (χ1n) is 7.03. The lowest BCUT2D eigenvalue weighted by Gasteiger charge is -2.09. The number of carboxylic acids is 1. The Hall–Kier alpha value is -2.29. The van der Waals surface area contributed by atoms with Crippen molar-refractivity contribution < 1.29 is 14.6 Å². The molecular formula is C18H20O3. The summed E-state index contributed by atoms with van der Waals surface area (Å²) in [5.41, 5.74) is 3.45. The first-order valence-corrected chi connectivity index (χ1v) is 7.03. The summed E-state index contributed by atoms with van der Waals surface area (Å²) >= 11 is 0. The Bertz CT molecular complexity index is 585. The highest BCUT2D eigenvalue weighted by atomic mass is 16.5. The quantitative estimate of drug-likeness (QED) is 0.871. The second-order valence-corrected chi connectivity index (χ2v) is 5.33. The van der Waals surface area contributed by atoms with Crippen LogP contribution in [0.3, 0.4) is 0 Å². The standard InChI is InChI=1S/C18H20O3/c1-13(12-18(19)20)11-14-3-5-15(6-4-14)16-7-9-17(21-2)10-8-16/h3-10,13H,11-12H2,1-2H3,(H,19,20). The van der Waals surface area contributed by atoms with E-state index in [-0.39, 0.29) is 12.3 Å². The molecule has 0 heterocycles. The lowest BCUT2D eigenvalue weighted by atomic mass is 9.96. The second-order valence-electron chi connectivity index (χ2n) is 5.33. The monoisotopic (exact) mass is 284 g/mol. The molecule has 1 unspecified atom stereocenters. The number of ether oxygens (including phenoxy) is 1. The van der Waals surface area contributed by atoms with Gasteiger partial charge in [0.2, 0.25) is 0 Å². The molecule has 2 aromatic carbocycles. The fourth-order valence-electron chi connectivity index (χ4n) is 2.39. The molecule has 1 N–H and O–H groups in total. The Morgan fingerprint density at radius 1 is 1.05 bits per heavy atom. The van der Waals surface area contributed by atoms with Gasteiger partial charge in [-0.2, -0.15) is 0 Å². The van der Waals surface area contributed by atoms with Crippen LogP contribution in [0.2, 0.25) is 0 Å². The Balaban J connectivity index is 2.05. The van der Waals surface area contributed by atoms with Crippen LogP contribution in [0.25, 0.3) is 11.1 Å². The summed E-state index contributed by atoms with van der Waals surface area (Å²) in [6, 6.07) is 16.2. The van der Waals surface area contributed by atoms with Crippen LogP contribution in [0, 0.1) is 5.92 Å². The maximum Gasteiger partial charge on any atom is 0.303 e. The predicted molar refractivity (Wildman–Crippen MR) is 83.6 cm³/mol. The highest BCUT2D eigenvalue weighted by Gasteiger charge is 2.08. The number of hydrogen-bond acceptors (Lipinski definition) is 2. The molecule has 3 nitrogen and oxygen atoms in total. The maximum absolute atomic E-state index is 10.7. The fourth-order valence-corrected chi connectivity index (χ4v) is 2.39. The third kappa shape index (κ3) is 4.35. The van der Waals surface area contributed by atoms with Crippen molar-refractivity contribution in [2.24, 2.45) is 5.92 Å². The molecule has 0 saturated heterocycles. The van der Waals surface area contributed by atoms with E-state index in [2.05, 4.69) is 24.3 Å². The van der Waals surface area contributed by atoms with E-state index in [0.29, 0.717) is 0 Å². The van der Waals surface area contributed by atoms with E-state index in [1.165, 1.54) is 5.56 Å². The van der Waals surface area contributed by atoms with Crippen LogP contribution in [-0.2, 0) is 11.2 Å². The topological polar surface area (TPSA) is 46.5 Å². The van der Waals surface area contributed by atoms with E-state index in [9.17, 15) is 4.79 Å². The zero-order chi connectivity index (χ0) is 15.2. The van der Waals surface area contributed by atoms with Crippen LogP contribution in [0.1, 0.15) is 18.9 Å². The summed E-state index contributed by atoms with van der Waals surface area (Å²) in [6.07, 6.45) is 0.995. The van der Waals surface area contributed by atoms with Crippen molar-refractivity contribution in [3.05, 3.63) is 54.1 Å². The zero-order valence-electron chi connectivity index (χ0n) is 12.4. The highest BCUT2D eigenvalue weighted by Crippen LogP contribution is 2.23. The van der Waals surface area contributed by atoms with E-state index in [0.717, 1.165) is 23.3 Å². The Labute approximate surface area is 125 Å². The van der Waals surface area contributed by atoms with E-state index in [4.69, 9.17) is 9.84 Å². The second kappa shape index (κ2) is 6.93. The third-order valence-corrected chi connectivity index (χ3v) is 3.48. The smallest absolute Gasteiger partial charge is 0.303 e. The average molecular weight is 284 g/mol. The van der Waals surface area contributed by atoms with Gasteiger partial charge in [-0.25, -0.2) is 0 Å². The molecule has 1 atom stereocenters. The van der Waals surface area contributed by atoms with Crippen molar-refractivity contribution in [1.29, 1.82) is 0 Å². The van der Waals surface area contributed by atoms with Crippen LogP contribution in [0.4, 0.5) is 0 Å². The Morgan fingerprint density at radius 3 is 2.05 bits per heavy atom. The number of carbonyl (C=O) groups is 1. The van der Waals surface area contributed by atoms with Crippen molar-refractivity contribution in [3.8, 4) is 16.9 Å². The molecule has 2 rings (SSSR count). The molecule has 0 aliphatic carbocycles. The molecular weight excluding hydrogens is 264 g/mol. The average Bonchev–Trinajstić information content (AvgIpc) is 2.47. The van der Waals surface area contributed by atoms with Crippen molar-refractivity contribution in [1.82, 2.24) is 0 Å². The Morgan fingerprint density at radius 2 is 1.57 bits per heavy atom. The predicted octanol–water partition coefficient (Wildman–Crippen LogP) is 4.02. The minimum Gasteiger partial charge on any atom is -0.497 e. The van der Waals surface area contributed by atoms with Gasteiger partial charge in [0.15, 0.2) is 0 Å². The lowest BCUT2D eigenvalue weighted by Crippen LogP contribution is -2.06. The molecule has 3 heteroatoms. The van der Waals surface area contributed by atoms with Gasteiger partial charge in [0.1, 0.15) is 5.75 Å². The number of carboxylic acid groups (broad SMARTS) is 1. The summed E-state index contributed by atoms with van der Waals surface area (Å²) in [7, 11) is 1.65. The number of rotatable bonds is 6. The van der Waals surface area contributed by atoms with E-state index < -0.39 is 5.97 Å². The molecule has 0 saturated carbocycles. The molecule has 2 aromatic rings. The van der Waals surface area contributed by atoms with Crippen LogP contribution >= 0.6 is 0 Å². The van der Waals surface area contributed by atoms with E-state index >= 15 is 0 Å². The van der Waals surface area contributed by atoms with Crippen molar-refractivity contribution in [2.45, 2.75) is 19.8 Å². The van der Waals surface area contributed by atoms with E-state index in [1.54, 1.807) is 7.11 Å². The minimum absolute atomic E-state index is 0.148. The van der Waals surface area contributed by atoms with Crippen molar-refractivity contribution >= 4 is 5.97 Å². The summed E-state index contributed by atoms with van der Waals surface area (Å²) < 4.78 is 5.15. The molecule has 0 radical (unpaired) electrons.